The highest BCUT2D eigenvalue weighted by Gasteiger charge is 2.12. The number of pyridine rings is 1. The predicted molar refractivity (Wildman–Crippen MR) is 101 cm³/mol. The Kier molecular flexibility index (Phi) is 6.24. The third-order valence-electron chi connectivity index (χ3n) is 4.76. The smallest absolute Gasteiger partial charge is 0.0702 e. The first kappa shape index (κ1) is 17.4. The van der Waals surface area contributed by atoms with Gasteiger partial charge in [0.25, 0.3) is 0 Å². The number of alkyl halides is 1. The molecule has 0 atom stereocenters. The minimum atomic E-state index is 0.513. The van der Waals surface area contributed by atoms with Crippen LogP contribution in [-0.2, 0) is 12.3 Å². The Hall–Kier alpha value is -1.42. The van der Waals surface area contributed by atoms with Crippen LogP contribution < -0.4 is 0 Å². The minimum Gasteiger partial charge on any atom is -0.304 e. The molecule has 0 unspecified atom stereocenters. The van der Waals surface area contributed by atoms with Gasteiger partial charge in [0, 0.05) is 43.8 Å². The number of nitrogens with zero attached hydrogens (tertiary/aromatic N) is 3. The lowest BCUT2D eigenvalue weighted by molar-refractivity contribution is 0.153. The molecule has 4 heteroatoms. The predicted octanol–water partition coefficient (Wildman–Crippen LogP) is 3.67. The average molecular weight is 344 g/mol. The van der Waals surface area contributed by atoms with Crippen molar-refractivity contribution in [2.45, 2.75) is 18.7 Å². The molecule has 1 aliphatic rings. The number of piperazine rings is 1. The molecule has 0 aliphatic carbocycles. The van der Waals surface area contributed by atoms with Gasteiger partial charge in [-0.3, -0.25) is 4.98 Å². The molecule has 0 amide bonds. The lowest BCUT2D eigenvalue weighted by Crippen LogP contribution is -2.44. The summed E-state index contributed by atoms with van der Waals surface area (Å²) in [7, 11) is 2.21. The van der Waals surface area contributed by atoms with Gasteiger partial charge in [-0.25, -0.2) is 0 Å². The molecule has 1 aliphatic heterocycles. The second-order valence-corrected chi connectivity index (χ2v) is 6.90. The summed E-state index contributed by atoms with van der Waals surface area (Å²) in [5.74, 6) is 0.513. The van der Waals surface area contributed by atoms with E-state index in [0.29, 0.717) is 5.88 Å². The van der Waals surface area contributed by atoms with E-state index in [1.165, 1.54) is 50.3 Å². The average Bonchev–Trinajstić information content (AvgIpc) is 2.64. The van der Waals surface area contributed by atoms with E-state index in [9.17, 15) is 0 Å². The van der Waals surface area contributed by atoms with Crippen molar-refractivity contribution < 1.29 is 0 Å². The number of aromatic nitrogens is 1. The number of halogens is 1. The fraction of sp³-hybridized carbons (Fsp3) is 0.450. The molecule has 1 aromatic carbocycles. The summed E-state index contributed by atoms with van der Waals surface area (Å²) >= 11 is 5.81. The van der Waals surface area contributed by atoms with E-state index in [4.69, 9.17) is 11.6 Å². The zero-order valence-corrected chi connectivity index (χ0v) is 15.2. The molecule has 2 aromatic rings. The molecule has 0 saturated carbocycles. The number of hydrogen-bond donors (Lipinski definition) is 0. The Bertz CT molecular complexity index is 616. The van der Waals surface area contributed by atoms with E-state index in [-0.39, 0.29) is 0 Å². The molecular formula is C20H26ClN3. The number of hydrogen-bond acceptors (Lipinski definition) is 3. The molecule has 24 heavy (non-hydrogen) atoms. The molecule has 0 spiro atoms. The Balaban J connectivity index is 1.49. The maximum atomic E-state index is 5.81. The van der Waals surface area contributed by atoms with Crippen LogP contribution in [0.2, 0.25) is 0 Å². The Morgan fingerprint density at radius 2 is 1.67 bits per heavy atom. The number of rotatable bonds is 6. The van der Waals surface area contributed by atoms with Gasteiger partial charge in [0.2, 0.25) is 0 Å². The molecule has 1 aromatic heterocycles. The van der Waals surface area contributed by atoms with Crippen molar-refractivity contribution in [3.8, 4) is 11.3 Å². The third-order valence-corrected chi connectivity index (χ3v) is 5.07. The van der Waals surface area contributed by atoms with E-state index in [1.54, 1.807) is 0 Å². The first-order valence-corrected chi connectivity index (χ1v) is 9.29. The lowest BCUT2D eigenvalue weighted by Gasteiger charge is -2.32. The van der Waals surface area contributed by atoms with Crippen LogP contribution in [0, 0.1) is 0 Å². The Morgan fingerprint density at radius 3 is 2.29 bits per heavy atom. The number of benzene rings is 1. The number of likely N-dealkylation sites (N-methyl/N-ethyl adjacent to an activating group) is 1. The Morgan fingerprint density at radius 1 is 0.958 bits per heavy atom. The van der Waals surface area contributed by atoms with Gasteiger partial charge in [0.1, 0.15) is 0 Å². The monoisotopic (exact) mass is 343 g/mol. The van der Waals surface area contributed by atoms with Crippen LogP contribution in [0.15, 0.2) is 42.6 Å². The fourth-order valence-corrected chi connectivity index (χ4v) is 3.25. The molecule has 3 rings (SSSR count). The summed E-state index contributed by atoms with van der Waals surface area (Å²) in [6.45, 7) is 6.02. The van der Waals surface area contributed by atoms with E-state index in [1.807, 2.05) is 18.3 Å². The molecule has 3 nitrogen and oxygen atoms in total. The third kappa shape index (κ3) is 4.79. The van der Waals surface area contributed by atoms with Gasteiger partial charge in [0.15, 0.2) is 0 Å². The van der Waals surface area contributed by atoms with Crippen LogP contribution in [-0.4, -0.2) is 54.6 Å². The van der Waals surface area contributed by atoms with Gasteiger partial charge in [-0.1, -0.05) is 30.3 Å². The number of aryl methyl sites for hydroxylation is 1. The van der Waals surface area contributed by atoms with Gasteiger partial charge in [-0.15, -0.1) is 11.6 Å². The largest absolute Gasteiger partial charge is 0.304 e. The lowest BCUT2D eigenvalue weighted by atomic mass is 10.0. The van der Waals surface area contributed by atoms with Gasteiger partial charge >= 0.3 is 0 Å². The van der Waals surface area contributed by atoms with Crippen LogP contribution in [0.4, 0.5) is 0 Å². The van der Waals surface area contributed by atoms with Crippen molar-refractivity contribution in [1.29, 1.82) is 0 Å². The summed E-state index contributed by atoms with van der Waals surface area (Å²) in [5, 5.41) is 0. The first-order valence-electron chi connectivity index (χ1n) is 8.76. The topological polar surface area (TPSA) is 19.4 Å². The summed E-state index contributed by atoms with van der Waals surface area (Å²) in [5.41, 5.74) is 4.64. The van der Waals surface area contributed by atoms with Crippen molar-refractivity contribution in [2.24, 2.45) is 0 Å². The van der Waals surface area contributed by atoms with E-state index >= 15 is 0 Å². The van der Waals surface area contributed by atoms with Gasteiger partial charge in [-0.2, -0.15) is 0 Å². The van der Waals surface area contributed by atoms with Gasteiger partial charge < -0.3 is 9.80 Å². The molecular weight excluding hydrogens is 318 g/mol. The molecule has 1 fully saturated rings. The normalized spacial score (nSPS) is 16.4. The molecule has 0 bridgehead atoms. The summed E-state index contributed by atoms with van der Waals surface area (Å²) in [6.07, 6.45) is 4.23. The van der Waals surface area contributed by atoms with Crippen molar-refractivity contribution in [1.82, 2.24) is 14.8 Å². The molecule has 2 heterocycles. The zero-order chi connectivity index (χ0) is 16.8. The van der Waals surface area contributed by atoms with Gasteiger partial charge in [0.05, 0.1) is 5.69 Å². The van der Waals surface area contributed by atoms with Crippen molar-refractivity contribution in [3.05, 3.63) is 53.7 Å². The highest BCUT2D eigenvalue weighted by molar-refractivity contribution is 6.17. The maximum absolute atomic E-state index is 5.81. The van der Waals surface area contributed by atoms with Crippen molar-refractivity contribution in [3.63, 3.8) is 0 Å². The minimum absolute atomic E-state index is 0.513. The summed E-state index contributed by atoms with van der Waals surface area (Å²) in [6, 6.07) is 12.9. The Labute approximate surface area is 150 Å². The van der Waals surface area contributed by atoms with Crippen LogP contribution in [0.25, 0.3) is 11.3 Å². The highest BCUT2D eigenvalue weighted by Crippen LogP contribution is 2.19. The van der Waals surface area contributed by atoms with Crippen LogP contribution >= 0.6 is 11.6 Å². The maximum Gasteiger partial charge on any atom is 0.0702 e. The molecule has 0 radical (unpaired) electrons. The second kappa shape index (κ2) is 8.61. The molecule has 128 valence electrons. The van der Waals surface area contributed by atoms with Crippen LogP contribution in [0.1, 0.15) is 17.5 Å². The van der Waals surface area contributed by atoms with Crippen molar-refractivity contribution >= 4 is 11.6 Å². The highest BCUT2D eigenvalue weighted by atomic mass is 35.5. The summed E-state index contributed by atoms with van der Waals surface area (Å²) in [4.78, 5) is 9.47. The van der Waals surface area contributed by atoms with Crippen LogP contribution in [0.5, 0.6) is 0 Å². The molecule has 1 saturated heterocycles. The molecule has 0 N–H and O–H groups in total. The summed E-state index contributed by atoms with van der Waals surface area (Å²) < 4.78 is 0. The van der Waals surface area contributed by atoms with E-state index < -0.39 is 0 Å². The SMILES string of the molecule is CN1CCN(CCCc2ccc(-c3ccc(CCl)cn3)cc2)CC1. The van der Waals surface area contributed by atoms with E-state index in [0.717, 1.165) is 17.7 Å². The van der Waals surface area contributed by atoms with E-state index in [2.05, 4.69) is 46.1 Å². The fourth-order valence-electron chi connectivity index (χ4n) is 3.09. The zero-order valence-electron chi connectivity index (χ0n) is 14.4. The van der Waals surface area contributed by atoms with Gasteiger partial charge in [-0.05, 0) is 43.6 Å². The van der Waals surface area contributed by atoms with Crippen molar-refractivity contribution in [2.75, 3.05) is 39.8 Å². The standard InChI is InChI=1S/C20H26ClN3/c1-23-11-13-24(14-12-23)10-2-3-17-4-7-19(8-5-17)20-9-6-18(15-21)16-22-20/h4-9,16H,2-3,10-15H2,1H3. The van der Waals surface area contributed by atoms with Crippen LogP contribution in [0.3, 0.4) is 0 Å². The quantitative estimate of drug-likeness (QED) is 0.746. The first-order chi connectivity index (χ1) is 11.7. The second-order valence-electron chi connectivity index (χ2n) is 6.63.